The van der Waals surface area contributed by atoms with Crippen molar-refractivity contribution in [1.82, 2.24) is 9.78 Å². The second kappa shape index (κ2) is 5.05. The summed E-state index contributed by atoms with van der Waals surface area (Å²) in [5.74, 6) is 0.716. The molecule has 0 spiro atoms. The van der Waals surface area contributed by atoms with Gasteiger partial charge in [0, 0.05) is 13.2 Å². The molecule has 2 heteroatoms. The zero-order valence-corrected chi connectivity index (χ0v) is 8.95. The van der Waals surface area contributed by atoms with Crippen LogP contribution in [0.2, 0.25) is 0 Å². The summed E-state index contributed by atoms with van der Waals surface area (Å²) in [5, 5.41) is 4.21. The summed E-state index contributed by atoms with van der Waals surface area (Å²) in [6, 6.07) is 0. The maximum Gasteiger partial charge on any atom is 0.0524 e. The molecule has 0 radical (unpaired) electrons. The molecule has 74 valence electrons. The average Bonchev–Trinajstić information content (AvgIpc) is 2.54. The number of nitrogens with zero attached hydrogens (tertiary/aromatic N) is 2. The van der Waals surface area contributed by atoms with Crippen molar-refractivity contribution < 1.29 is 0 Å². The lowest BCUT2D eigenvalue weighted by Crippen LogP contribution is -1.95. The Morgan fingerprint density at radius 3 is 2.69 bits per heavy atom. The summed E-state index contributed by atoms with van der Waals surface area (Å²) >= 11 is 0. The molecule has 0 fully saturated rings. The topological polar surface area (TPSA) is 17.8 Å². The largest absolute Gasteiger partial charge is 0.276 e. The summed E-state index contributed by atoms with van der Waals surface area (Å²) in [6.45, 7) is 4.50. The highest BCUT2D eigenvalue weighted by atomic mass is 15.2. The van der Waals surface area contributed by atoms with Gasteiger partial charge in [0.25, 0.3) is 0 Å². The SMILES string of the molecule is CCCCC(CC)c1cnn(C)c1. The van der Waals surface area contributed by atoms with Crippen LogP contribution in [0.4, 0.5) is 0 Å². The Bertz CT molecular complexity index is 240. The van der Waals surface area contributed by atoms with Crippen LogP contribution in [0, 0.1) is 0 Å². The maximum absolute atomic E-state index is 4.21. The van der Waals surface area contributed by atoms with Crippen molar-refractivity contribution >= 4 is 0 Å². The Kier molecular flexibility index (Phi) is 4.00. The van der Waals surface area contributed by atoms with Gasteiger partial charge in [-0.1, -0.05) is 26.7 Å². The highest BCUT2D eigenvalue weighted by Gasteiger charge is 2.09. The molecule has 0 aliphatic rings. The first-order chi connectivity index (χ1) is 6.27. The first-order valence-electron chi connectivity index (χ1n) is 5.26. The second-order valence-corrected chi connectivity index (χ2v) is 3.69. The molecule has 0 amide bonds. The van der Waals surface area contributed by atoms with Crippen LogP contribution in [0.5, 0.6) is 0 Å². The second-order valence-electron chi connectivity index (χ2n) is 3.69. The van der Waals surface area contributed by atoms with E-state index in [2.05, 4.69) is 25.1 Å². The lowest BCUT2D eigenvalue weighted by molar-refractivity contribution is 0.569. The quantitative estimate of drug-likeness (QED) is 0.680. The molecule has 1 atom stereocenters. The minimum Gasteiger partial charge on any atom is -0.276 e. The van der Waals surface area contributed by atoms with E-state index in [-0.39, 0.29) is 0 Å². The summed E-state index contributed by atoms with van der Waals surface area (Å²) < 4.78 is 1.89. The fourth-order valence-electron chi connectivity index (χ4n) is 1.71. The Hall–Kier alpha value is -0.790. The van der Waals surface area contributed by atoms with E-state index in [0.29, 0.717) is 5.92 Å². The van der Waals surface area contributed by atoms with E-state index >= 15 is 0 Å². The van der Waals surface area contributed by atoms with Crippen LogP contribution in [-0.4, -0.2) is 9.78 Å². The third-order valence-electron chi connectivity index (χ3n) is 2.60. The van der Waals surface area contributed by atoms with E-state index in [1.165, 1.54) is 31.2 Å². The lowest BCUT2D eigenvalue weighted by atomic mass is 9.94. The highest BCUT2D eigenvalue weighted by Crippen LogP contribution is 2.24. The molecule has 0 aliphatic heterocycles. The van der Waals surface area contributed by atoms with Crippen LogP contribution in [0.1, 0.15) is 51.0 Å². The van der Waals surface area contributed by atoms with Gasteiger partial charge in [0.1, 0.15) is 0 Å². The van der Waals surface area contributed by atoms with E-state index in [4.69, 9.17) is 0 Å². The van der Waals surface area contributed by atoms with Gasteiger partial charge in [0.05, 0.1) is 6.20 Å². The number of hydrogen-bond acceptors (Lipinski definition) is 1. The van der Waals surface area contributed by atoms with Crippen LogP contribution in [0.15, 0.2) is 12.4 Å². The predicted molar refractivity (Wildman–Crippen MR) is 55.8 cm³/mol. The summed E-state index contributed by atoms with van der Waals surface area (Å²) in [4.78, 5) is 0. The number of rotatable bonds is 5. The summed E-state index contributed by atoms with van der Waals surface area (Å²) in [5.41, 5.74) is 1.40. The first kappa shape index (κ1) is 10.3. The average molecular weight is 180 g/mol. The van der Waals surface area contributed by atoms with Crippen LogP contribution in [0.25, 0.3) is 0 Å². The molecule has 2 nitrogen and oxygen atoms in total. The number of hydrogen-bond donors (Lipinski definition) is 0. The van der Waals surface area contributed by atoms with Gasteiger partial charge in [-0.3, -0.25) is 4.68 Å². The van der Waals surface area contributed by atoms with E-state index < -0.39 is 0 Å². The molecule has 0 aliphatic carbocycles. The van der Waals surface area contributed by atoms with Gasteiger partial charge in [-0.05, 0) is 24.3 Å². The predicted octanol–water partition coefficient (Wildman–Crippen LogP) is 3.10. The van der Waals surface area contributed by atoms with Gasteiger partial charge < -0.3 is 0 Å². The standard InChI is InChI=1S/C11H20N2/c1-4-6-7-10(5-2)11-8-12-13(3)9-11/h8-10H,4-7H2,1-3H3. The molecule has 1 heterocycles. The Morgan fingerprint density at radius 1 is 1.46 bits per heavy atom. The Labute approximate surface area is 81.0 Å². The molecular formula is C11H20N2. The zero-order valence-electron chi connectivity index (χ0n) is 8.95. The van der Waals surface area contributed by atoms with Crippen molar-refractivity contribution in [3.63, 3.8) is 0 Å². The van der Waals surface area contributed by atoms with Gasteiger partial charge in [-0.2, -0.15) is 5.10 Å². The molecule has 1 aromatic heterocycles. The van der Waals surface area contributed by atoms with Crippen LogP contribution < -0.4 is 0 Å². The molecule has 0 saturated heterocycles. The van der Waals surface area contributed by atoms with Crippen molar-refractivity contribution in [2.24, 2.45) is 7.05 Å². The van der Waals surface area contributed by atoms with Crippen molar-refractivity contribution in [3.8, 4) is 0 Å². The van der Waals surface area contributed by atoms with Crippen molar-refractivity contribution in [2.45, 2.75) is 45.4 Å². The van der Waals surface area contributed by atoms with Crippen molar-refractivity contribution in [1.29, 1.82) is 0 Å². The van der Waals surface area contributed by atoms with Gasteiger partial charge in [-0.15, -0.1) is 0 Å². The fourth-order valence-corrected chi connectivity index (χ4v) is 1.71. The van der Waals surface area contributed by atoms with Crippen LogP contribution in [-0.2, 0) is 7.05 Å². The van der Waals surface area contributed by atoms with E-state index in [9.17, 15) is 0 Å². The summed E-state index contributed by atoms with van der Waals surface area (Å²) in [6.07, 6.45) is 9.29. The van der Waals surface area contributed by atoms with E-state index in [0.717, 1.165) is 0 Å². The normalized spacial score (nSPS) is 13.2. The van der Waals surface area contributed by atoms with Gasteiger partial charge in [0.2, 0.25) is 0 Å². The lowest BCUT2D eigenvalue weighted by Gasteiger charge is -2.11. The Morgan fingerprint density at radius 2 is 2.23 bits per heavy atom. The van der Waals surface area contributed by atoms with Crippen LogP contribution in [0.3, 0.4) is 0 Å². The third kappa shape index (κ3) is 2.87. The van der Waals surface area contributed by atoms with Gasteiger partial charge >= 0.3 is 0 Å². The van der Waals surface area contributed by atoms with Crippen molar-refractivity contribution in [3.05, 3.63) is 18.0 Å². The minimum absolute atomic E-state index is 0.716. The van der Waals surface area contributed by atoms with Gasteiger partial charge in [-0.25, -0.2) is 0 Å². The fraction of sp³-hybridized carbons (Fsp3) is 0.727. The number of aryl methyl sites for hydroxylation is 1. The molecule has 13 heavy (non-hydrogen) atoms. The van der Waals surface area contributed by atoms with Gasteiger partial charge in [0.15, 0.2) is 0 Å². The maximum atomic E-state index is 4.21. The van der Waals surface area contributed by atoms with E-state index in [1.54, 1.807) is 0 Å². The Balaban J connectivity index is 2.56. The molecule has 1 aromatic rings. The number of unbranched alkanes of at least 4 members (excludes halogenated alkanes) is 1. The molecule has 1 unspecified atom stereocenters. The number of aromatic nitrogens is 2. The highest BCUT2D eigenvalue weighted by molar-refractivity contribution is 5.10. The molecular weight excluding hydrogens is 160 g/mol. The minimum atomic E-state index is 0.716. The van der Waals surface area contributed by atoms with E-state index in [1.807, 2.05) is 17.9 Å². The zero-order chi connectivity index (χ0) is 9.68. The smallest absolute Gasteiger partial charge is 0.0524 e. The van der Waals surface area contributed by atoms with Crippen LogP contribution >= 0.6 is 0 Å². The molecule has 1 rings (SSSR count). The molecule has 0 saturated carbocycles. The van der Waals surface area contributed by atoms with Crippen molar-refractivity contribution in [2.75, 3.05) is 0 Å². The third-order valence-corrected chi connectivity index (χ3v) is 2.60. The monoisotopic (exact) mass is 180 g/mol. The first-order valence-corrected chi connectivity index (χ1v) is 5.26. The molecule has 0 N–H and O–H groups in total. The molecule has 0 aromatic carbocycles. The summed E-state index contributed by atoms with van der Waals surface area (Å²) in [7, 11) is 1.98. The molecule has 0 bridgehead atoms.